The number of aromatic nitrogens is 3. The highest BCUT2D eigenvalue weighted by Gasteiger charge is 2.16. The van der Waals surface area contributed by atoms with Crippen LogP contribution in [0.4, 0.5) is 0 Å². The van der Waals surface area contributed by atoms with Gasteiger partial charge in [-0.3, -0.25) is 14.9 Å². The van der Waals surface area contributed by atoms with Crippen molar-refractivity contribution >= 4 is 5.91 Å². The summed E-state index contributed by atoms with van der Waals surface area (Å²) in [5.74, 6) is 0.633. The third-order valence-electron chi connectivity index (χ3n) is 3.88. The smallest absolute Gasteiger partial charge is 0.274 e. The summed E-state index contributed by atoms with van der Waals surface area (Å²) >= 11 is 0. The molecule has 0 aliphatic carbocycles. The van der Waals surface area contributed by atoms with Gasteiger partial charge in [-0.25, -0.2) is 0 Å². The van der Waals surface area contributed by atoms with Crippen LogP contribution in [0.25, 0.3) is 0 Å². The number of pyridine rings is 1. The van der Waals surface area contributed by atoms with Crippen LogP contribution in [-0.2, 0) is 13.2 Å². The largest absolute Gasteiger partial charge is 0.487 e. The fourth-order valence-electron chi connectivity index (χ4n) is 2.43. The standard InChI is InChI=1S/C19H20N4O2/c1-14-11-20-9-8-15(14)12-23(2)19(24)18-10-16(21-22-18)13-25-17-6-4-3-5-7-17/h3-11H,12-13H2,1-2H3,(H,21,22). The van der Waals surface area contributed by atoms with Crippen molar-refractivity contribution in [3.8, 4) is 5.75 Å². The van der Waals surface area contributed by atoms with E-state index in [0.717, 1.165) is 22.6 Å². The Morgan fingerprint density at radius 1 is 1.24 bits per heavy atom. The van der Waals surface area contributed by atoms with E-state index < -0.39 is 0 Å². The fourth-order valence-corrected chi connectivity index (χ4v) is 2.43. The summed E-state index contributed by atoms with van der Waals surface area (Å²) in [6.45, 7) is 2.82. The van der Waals surface area contributed by atoms with Crippen LogP contribution in [0, 0.1) is 6.92 Å². The zero-order valence-electron chi connectivity index (χ0n) is 14.3. The van der Waals surface area contributed by atoms with E-state index in [0.29, 0.717) is 18.8 Å². The maximum absolute atomic E-state index is 12.5. The van der Waals surface area contributed by atoms with E-state index in [4.69, 9.17) is 4.74 Å². The van der Waals surface area contributed by atoms with Gasteiger partial charge in [0.2, 0.25) is 0 Å². The lowest BCUT2D eigenvalue weighted by atomic mass is 10.1. The van der Waals surface area contributed by atoms with Crippen LogP contribution < -0.4 is 4.74 Å². The molecule has 0 atom stereocenters. The molecule has 0 aliphatic heterocycles. The number of para-hydroxylation sites is 1. The van der Waals surface area contributed by atoms with E-state index in [-0.39, 0.29) is 5.91 Å². The average Bonchev–Trinajstić information content (AvgIpc) is 3.11. The van der Waals surface area contributed by atoms with Crippen molar-refractivity contribution in [3.05, 3.63) is 77.4 Å². The molecule has 25 heavy (non-hydrogen) atoms. The second-order valence-corrected chi connectivity index (χ2v) is 5.84. The van der Waals surface area contributed by atoms with Gasteiger partial charge in [0, 0.05) is 26.0 Å². The first-order valence-corrected chi connectivity index (χ1v) is 8.00. The normalized spacial score (nSPS) is 10.5. The minimum atomic E-state index is -0.140. The quantitative estimate of drug-likeness (QED) is 0.751. The van der Waals surface area contributed by atoms with Gasteiger partial charge in [-0.05, 0) is 42.3 Å². The molecule has 3 rings (SSSR count). The molecule has 0 aliphatic rings. The highest BCUT2D eigenvalue weighted by molar-refractivity contribution is 5.92. The first-order valence-electron chi connectivity index (χ1n) is 8.00. The van der Waals surface area contributed by atoms with Crippen molar-refractivity contribution in [1.29, 1.82) is 0 Å². The van der Waals surface area contributed by atoms with Gasteiger partial charge < -0.3 is 9.64 Å². The molecule has 2 heterocycles. The third kappa shape index (κ3) is 4.23. The molecule has 0 saturated heterocycles. The third-order valence-corrected chi connectivity index (χ3v) is 3.88. The zero-order chi connectivity index (χ0) is 17.6. The maximum Gasteiger partial charge on any atom is 0.274 e. The molecule has 2 aromatic heterocycles. The Morgan fingerprint density at radius 2 is 2.04 bits per heavy atom. The number of aryl methyl sites for hydroxylation is 1. The number of hydrogen-bond donors (Lipinski definition) is 1. The molecule has 6 heteroatoms. The van der Waals surface area contributed by atoms with Gasteiger partial charge in [-0.15, -0.1) is 0 Å². The highest BCUT2D eigenvalue weighted by atomic mass is 16.5. The summed E-state index contributed by atoms with van der Waals surface area (Å²) < 4.78 is 5.65. The Bertz CT molecular complexity index is 845. The molecule has 0 saturated carbocycles. The second kappa shape index (κ2) is 7.61. The van der Waals surface area contributed by atoms with E-state index in [2.05, 4.69) is 15.2 Å². The van der Waals surface area contributed by atoms with Crippen molar-refractivity contribution in [2.24, 2.45) is 0 Å². The number of nitrogens with one attached hydrogen (secondary N) is 1. The fraction of sp³-hybridized carbons (Fsp3) is 0.211. The number of carbonyl (C=O) groups excluding carboxylic acids is 1. The predicted octanol–water partition coefficient (Wildman–Crippen LogP) is 2.96. The minimum Gasteiger partial charge on any atom is -0.487 e. The number of rotatable bonds is 6. The first-order chi connectivity index (χ1) is 12.1. The van der Waals surface area contributed by atoms with Crippen LogP contribution in [0.2, 0.25) is 0 Å². The molecule has 0 radical (unpaired) electrons. The molecule has 6 nitrogen and oxygen atoms in total. The van der Waals surface area contributed by atoms with Crippen molar-refractivity contribution in [2.45, 2.75) is 20.1 Å². The Labute approximate surface area is 146 Å². The van der Waals surface area contributed by atoms with E-state index >= 15 is 0 Å². The van der Waals surface area contributed by atoms with Crippen molar-refractivity contribution in [2.75, 3.05) is 7.05 Å². The monoisotopic (exact) mass is 336 g/mol. The Hall–Kier alpha value is -3.15. The molecule has 0 fully saturated rings. The van der Waals surface area contributed by atoms with E-state index in [1.165, 1.54) is 0 Å². The molecule has 0 bridgehead atoms. The molecule has 1 aromatic carbocycles. The molecule has 0 spiro atoms. The van der Waals surface area contributed by atoms with Crippen LogP contribution in [0.5, 0.6) is 5.75 Å². The summed E-state index contributed by atoms with van der Waals surface area (Å²) in [6.07, 6.45) is 3.52. The van der Waals surface area contributed by atoms with Gasteiger partial charge in [-0.1, -0.05) is 18.2 Å². The molecule has 0 unspecified atom stereocenters. The highest BCUT2D eigenvalue weighted by Crippen LogP contribution is 2.13. The number of carbonyl (C=O) groups is 1. The SMILES string of the molecule is Cc1cnccc1CN(C)C(=O)c1cc(COc2ccccc2)[nH]n1. The lowest BCUT2D eigenvalue weighted by molar-refractivity contribution is 0.0779. The van der Waals surface area contributed by atoms with Gasteiger partial charge in [0.15, 0.2) is 5.69 Å². The summed E-state index contributed by atoms with van der Waals surface area (Å²) in [5, 5.41) is 6.96. The van der Waals surface area contributed by atoms with Crippen LogP contribution in [0.15, 0.2) is 54.9 Å². The summed E-state index contributed by atoms with van der Waals surface area (Å²) in [4.78, 5) is 18.2. The number of nitrogens with zero attached hydrogens (tertiary/aromatic N) is 3. The van der Waals surface area contributed by atoms with Gasteiger partial charge in [0.05, 0.1) is 5.69 Å². The maximum atomic E-state index is 12.5. The number of hydrogen-bond acceptors (Lipinski definition) is 4. The van der Waals surface area contributed by atoms with Crippen molar-refractivity contribution < 1.29 is 9.53 Å². The molecule has 128 valence electrons. The number of aromatic amines is 1. The lowest BCUT2D eigenvalue weighted by Gasteiger charge is -2.17. The molecular weight excluding hydrogens is 316 g/mol. The van der Waals surface area contributed by atoms with Crippen molar-refractivity contribution in [1.82, 2.24) is 20.1 Å². The number of H-pyrrole nitrogens is 1. The van der Waals surface area contributed by atoms with E-state index in [1.54, 1.807) is 30.4 Å². The first kappa shape index (κ1) is 16.7. The second-order valence-electron chi connectivity index (χ2n) is 5.84. The predicted molar refractivity (Wildman–Crippen MR) is 94.1 cm³/mol. The topological polar surface area (TPSA) is 71.1 Å². The van der Waals surface area contributed by atoms with E-state index in [1.807, 2.05) is 43.3 Å². The summed E-state index contributed by atoms with van der Waals surface area (Å²) in [5.41, 5.74) is 3.25. The van der Waals surface area contributed by atoms with E-state index in [9.17, 15) is 4.79 Å². The average molecular weight is 336 g/mol. The Kier molecular flexibility index (Phi) is 5.09. The van der Waals surface area contributed by atoms with Gasteiger partial charge in [0.1, 0.15) is 12.4 Å². The summed E-state index contributed by atoms with van der Waals surface area (Å²) in [7, 11) is 1.76. The van der Waals surface area contributed by atoms with Crippen LogP contribution in [0.1, 0.15) is 27.3 Å². The van der Waals surface area contributed by atoms with Gasteiger partial charge in [0.25, 0.3) is 5.91 Å². The summed E-state index contributed by atoms with van der Waals surface area (Å²) in [6, 6.07) is 13.2. The molecular formula is C19H20N4O2. The lowest BCUT2D eigenvalue weighted by Crippen LogP contribution is -2.26. The van der Waals surface area contributed by atoms with Crippen LogP contribution in [-0.4, -0.2) is 33.0 Å². The molecule has 1 N–H and O–H groups in total. The Morgan fingerprint density at radius 3 is 2.80 bits per heavy atom. The molecule has 3 aromatic rings. The number of ether oxygens (including phenoxy) is 1. The molecule has 1 amide bonds. The van der Waals surface area contributed by atoms with Crippen molar-refractivity contribution in [3.63, 3.8) is 0 Å². The zero-order valence-corrected chi connectivity index (χ0v) is 14.3. The van der Waals surface area contributed by atoms with Crippen LogP contribution in [0.3, 0.4) is 0 Å². The minimum absolute atomic E-state index is 0.140. The number of amides is 1. The van der Waals surface area contributed by atoms with Gasteiger partial charge >= 0.3 is 0 Å². The van der Waals surface area contributed by atoms with Crippen LogP contribution >= 0.6 is 0 Å². The Balaban J connectivity index is 1.61. The van der Waals surface area contributed by atoms with Gasteiger partial charge in [-0.2, -0.15) is 5.10 Å². The number of benzene rings is 1.